The maximum absolute atomic E-state index is 13.9. The monoisotopic (exact) mass is 457 g/mol. The normalized spacial score (nSPS) is 34.6. The van der Waals surface area contributed by atoms with E-state index >= 15 is 0 Å². The highest BCUT2D eigenvalue weighted by Crippen LogP contribution is 2.51. The molecule has 2 amide bonds. The van der Waals surface area contributed by atoms with Crippen LogP contribution in [-0.2, 0) is 19.2 Å². The molecule has 1 aliphatic heterocycles. The van der Waals surface area contributed by atoms with E-state index in [2.05, 4.69) is 18.8 Å². The first-order valence-electron chi connectivity index (χ1n) is 12.0. The predicted octanol–water partition coefficient (Wildman–Crippen LogP) is 3.19. The molecule has 7 nitrogen and oxygen atoms in total. The fourth-order valence-corrected chi connectivity index (χ4v) is 6.13. The molecule has 2 aliphatic carbocycles. The van der Waals surface area contributed by atoms with Gasteiger partial charge in [-0.05, 0) is 31.1 Å². The Morgan fingerprint density at radius 2 is 1.97 bits per heavy atom. The first-order valence-corrected chi connectivity index (χ1v) is 12.0. The number of imide groups is 1. The SMILES string of the molecule is C=C[C@@H](CCCCC)C1=C(C(=O)C2C3[C@H](C)C[C@H](C(=O)O)C[C@]3(O)C=C[C@@H]2C)C(=O)NC1=O. The third-order valence-electron chi connectivity index (χ3n) is 7.70. The van der Waals surface area contributed by atoms with Crippen LogP contribution in [0.4, 0.5) is 0 Å². The molecule has 0 aromatic rings. The van der Waals surface area contributed by atoms with E-state index in [1.165, 1.54) is 0 Å². The Bertz CT molecular complexity index is 918. The summed E-state index contributed by atoms with van der Waals surface area (Å²) in [5.74, 6) is -5.57. The molecule has 3 N–H and O–H groups in total. The smallest absolute Gasteiger partial charge is 0.306 e. The molecule has 180 valence electrons. The number of amides is 2. The molecule has 0 aromatic carbocycles. The van der Waals surface area contributed by atoms with E-state index < -0.39 is 52.8 Å². The van der Waals surface area contributed by atoms with Gasteiger partial charge in [-0.1, -0.05) is 58.3 Å². The minimum Gasteiger partial charge on any atom is -0.481 e. The summed E-state index contributed by atoms with van der Waals surface area (Å²) in [6, 6.07) is 0. The number of hydrogen-bond donors (Lipinski definition) is 3. The van der Waals surface area contributed by atoms with Crippen LogP contribution in [0.15, 0.2) is 36.0 Å². The van der Waals surface area contributed by atoms with E-state index in [4.69, 9.17) is 0 Å². The Kier molecular flexibility index (Phi) is 7.42. The van der Waals surface area contributed by atoms with E-state index in [1.54, 1.807) is 18.2 Å². The minimum atomic E-state index is -1.45. The number of carbonyl (C=O) groups excluding carboxylic acids is 3. The van der Waals surface area contributed by atoms with Crippen LogP contribution in [0, 0.1) is 35.5 Å². The largest absolute Gasteiger partial charge is 0.481 e. The van der Waals surface area contributed by atoms with Gasteiger partial charge in [-0.25, -0.2) is 0 Å². The number of Topliss-reactive ketones (excluding diaryl/α,β-unsaturated/α-hetero) is 1. The summed E-state index contributed by atoms with van der Waals surface area (Å²) in [5, 5.41) is 23.3. The van der Waals surface area contributed by atoms with Crippen molar-refractivity contribution in [1.82, 2.24) is 5.32 Å². The fourth-order valence-electron chi connectivity index (χ4n) is 6.13. The number of fused-ring (bicyclic) bond motifs is 1. The van der Waals surface area contributed by atoms with E-state index in [9.17, 15) is 29.4 Å². The van der Waals surface area contributed by atoms with Gasteiger partial charge in [0.25, 0.3) is 11.8 Å². The number of carbonyl (C=O) groups is 4. The summed E-state index contributed by atoms with van der Waals surface area (Å²) in [4.78, 5) is 51.1. The van der Waals surface area contributed by atoms with Gasteiger partial charge in [0.05, 0.1) is 17.1 Å². The van der Waals surface area contributed by atoms with Gasteiger partial charge in [0.1, 0.15) is 0 Å². The lowest BCUT2D eigenvalue weighted by atomic mass is 9.55. The Balaban J connectivity index is 2.02. The van der Waals surface area contributed by atoms with Crippen LogP contribution < -0.4 is 5.32 Å². The Labute approximate surface area is 195 Å². The molecule has 2 unspecified atom stereocenters. The summed E-state index contributed by atoms with van der Waals surface area (Å²) in [6.07, 6.45) is 8.79. The topological polar surface area (TPSA) is 121 Å². The predicted molar refractivity (Wildman–Crippen MR) is 123 cm³/mol. The first-order chi connectivity index (χ1) is 15.6. The summed E-state index contributed by atoms with van der Waals surface area (Å²) < 4.78 is 0. The summed E-state index contributed by atoms with van der Waals surface area (Å²) >= 11 is 0. The van der Waals surface area contributed by atoms with Crippen molar-refractivity contribution in [3.63, 3.8) is 0 Å². The minimum absolute atomic E-state index is 0.0215. The summed E-state index contributed by atoms with van der Waals surface area (Å²) in [5.41, 5.74) is -1.40. The zero-order valence-corrected chi connectivity index (χ0v) is 19.7. The standard InChI is InChI=1S/C26H35NO6/c1-5-7-8-9-16(6-2)19-20(24(30)27-23(19)29)22(28)18-14(3)10-11-26(33)13-17(25(31)32)12-15(4)21(18)26/h6,10-11,14-18,21,33H,2,5,7-9,12-13H2,1,3-4H3,(H,31,32)(H,27,29,30)/t14-,15+,16-,17-,18?,21?,26+/m0/s1. The van der Waals surface area contributed by atoms with Crippen LogP contribution in [0.2, 0.25) is 0 Å². The number of aliphatic hydroxyl groups is 1. The zero-order chi connectivity index (χ0) is 24.5. The number of allylic oxidation sites excluding steroid dienone is 2. The van der Waals surface area contributed by atoms with Crippen molar-refractivity contribution < 1.29 is 29.4 Å². The Morgan fingerprint density at radius 3 is 2.58 bits per heavy atom. The van der Waals surface area contributed by atoms with Crippen LogP contribution in [-0.4, -0.2) is 39.4 Å². The number of unbranched alkanes of at least 4 members (excludes halogenated alkanes) is 2. The fraction of sp³-hybridized carbons (Fsp3) is 0.615. The maximum Gasteiger partial charge on any atom is 0.306 e. The molecule has 0 spiro atoms. The Morgan fingerprint density at radius 1 is 1.27 bits per heavy atom. The van der Waals surface area contributed by atoms with Gasteiger partial charge in [-0.15, -0.1) is 6.58 Å². The average molecular weight is 458 g/mol. The number of nitrogens with one attached hydrogen (secondary N) is 1. The van der Waals surface area contributed by atoms with Crippen molar-refractivity contribution in [1.29, 1.82) is 0 Å². The highest BCUT2D eigenvalue weighted by molar-refractivity contribution is 6.33. The molecule has 1 heterocycles. The van der Waals surface area contributed by atoms with Gasteiger partial charge in [0.15, 0.2) is 5.78 Å². The van der Waals surface area contributed by atoms with Crippen molar-refractivity contribution in [3.8, 4) is 0 Å². The van der Waals surface area contributed by atoms with Gasteiger partial charge < -0.3 is 10.2 Å². The highest BCUT2D eigenvalue weighted by atomic mass is 16.4. The molecular weight excluding hydrogens is 422 g/mol. The lowest BCUT2D eigenvalue weighted by Gasteiger charge is -2.51. The summed E-state index contributed by atoms with van der Waals surface area (Å²) in [6.45, 7) is 9.61. The molecule has 3 aliphatic rings. The van der Waals surface area contributed by atoms with Gasteiger partial charge in [-0.3, -0.25) is 24.5 Å². The molecule has 33 heavy (non-hydrogen) atoms. The number of aliphatic carboxylic acids is 1. The third kappa shape index (κ3) is 4.60. The van der Waals surface area contributed by atoms with Crippen molar-refractivity contribution in [2.45, 2.75) is 64.9 Å². The third-order valence-corrected chi connectivity index (χ3v) is 7.70. The van der Waals surface area contributed by atoms with Crippen molar-refractivity contribution >= 4 is 23.6 Å². The first kappa shape index (κ1) is 25.1. The van der Waals surface area contributed by atoms with Crippen LogP contribution >= 0.6 is 0 Å². The van der Waals surface area contributed by atoms with Gasteiger partial charge in [0, 0.05) is 23.3 Å². The zero-order valence-electron chi connectivity index (χ0n) is 19.7. The molecule has 1 fully saturated rings. The second-order valence-electron chi connectivity index (χ2n) is 9.99. The lowest BCUT2D eigenvalue weighted by Crippen LogP contribution is -2.55. The van der Waals surface area contributed by atoms with Crippen molar-refractivity contribution in [2.24, 2.45) is 35.5 Å². The number of carboxylic acid groups (broad SMARTS) is 1. The second-order valence-corrected chi connectivity index (χ2v) is 9.99. The van der Waals surface area contributed by atoms with Crippen LogP contribution in [0.3, 0.4) is 0 Å². The van der Waals surface area contributed by atoms with Crippen LogP contribution in [0.1, 0.15) is 59.3 Å². The number of hydrogen-bond acceptors (Lipinski definition) is 5. The van der Waals surface area contributed by atoms with Gasteiger partial charge in [-0.2, -0.15) is 0 Å². The van der Waals surface area contributed by atoms with E-state index in [0.29, 0.717) is 12.8 Å². The number of ketones is 1. The van der Waals surface area contributed by atoms with Gasteiger partial charge >= 0.3 is 5.97 Å². The van der Waals surface area contributed by atoms with E-state index in [1.807, 2.05) is 13.8 Å². The number of carboxylic acids is 1. The molecule has 7 atom stereocenters. The van der Waals surface area contributed by atoms with Crippen LogP contribution in [0.25, 0.3) is 0 Å². The average Bonchev–Trinajstić information content (AvgIpc) is 3.05. The van der Waals surface area contributed by atoms with Crippen LogP contribution in [0.5, 0.6) is 0 Å². The van der Waals surface area contributed by atoms with E-state index in [0.717, 1.165) is 19.3 Å². The molecule has 3 rings (SSSR count). The quantitative estimate of drug-likeness (QED) is 0.212. The summed E-state index contributed by atoms with van der Waals surface area (Å²) in [7, 11) is 0. The molecule has 0 saturated heterocycles. The van der Waals surface area contributed by atoms with Crippen molar-refractivity contribution in [3.05, 3.63) is 36.0 Å². The molecule has 0 radical (unpaired) electrons. The Hall–Kier alpha value is -2.54. The molecule has 1 saturated carbocycles. The molecule has 0 aromatic heterocycles. The van der Waals surface area contributed by atoms with Gasteiger partial charge in [0.2, 0.25) is 0 Å². The second kappa shape index (κ2) is 9.75. The molecular formula is C26H35NO6. The molecule has 7 heteroatoms. The van der Waals surface area contributed by atoms with E-state index in [-0.39, 0.29) is 29.4 Å². The highest BCUT2D eigenvalue weighted by Gasteiger charge is 2.55. The lowest BCUT2D eigenvalue weighted by molar-refractivity contribution is -0.155. The maximum atomic E-state index is 13.9. The number of rotatable bonds is 9. The molecule has 0 bridgehead atoms. The van der Waals surface area contributed by atoms with Crippen molar-refractivity contribution in [2.75, 3.05) is 0 Å².